The Morgan fingerprint density at radius 3 is 2.63 bits per heavy atom. The van der Waals surface area contributed by atoms with E-state index in [1.54, 1.807) is 13.8 Å². The predicted molar refractivity (Wildman–Crippen MR) is 61.3 cm³/mol. The Bertz CT molecular complexity index is 496. The van der Waals surface area contributed by atoms with E-state index in [2.05, 4.69) is 15.0 Å². The summed E-state index contributed by atoms with van der Waals surface area (Å²) in [6.07, 6.45) is -0.867. The number of amides is 2. The van der Waals surface area contributed by atoms with E-state index in [0.29, 0.717) is 5.69 Å². The van der Waals surface area contributed by atoms with Gasteiger partial charge in [0.15, 0.2) is 5.69 Å². The van der Waals surface area contributed by atoms with Gasteiger partial charge >= 0.3 is 12.1 Å². The van der Waals surface area contributed by atoms with Crippen LogP contribution in [0.4, 0.5) is 4.79 Å². The van der Waals surface area contributed by atoms with Gasteiger partial charge in [0.2, 0.25) is 0 Å². The molecule has 0 aromatic carbocycles. The van der Waals surface area contributed by atoms with E-state index < -0.39 is 18.0 Å². The van der Waals surface area contributed by atoms with Gasteiger partial charge in [-0.15, -0.1) is 5.10 Å². The van der Waals surface area contributed by atoms with Crippen LogP contribution in [-0.4, -0.2) is 46.7 Å². The lowest BCUT2D eigenvalue weighted by molar-refractivity contribution is -0.121. The Morgan fingerprint density at radius 1 is 1.37 bits per heavy atom. The first-order chi connectivity index (χ1) is 8.99. The summed E-state index contributed by atoms with van der Waals surface area (Å²) >= 11 is 0. The number of methoxy groups -OCH3 is 1. The quantitative estimate of drug-likeness (QED) is 0.744. The highest BCUT2D eigenvalue weighted by Gasteiger charge is 2.19. The summed E-state index contributed by atoms with van der Waals surface area (Å²) in [6.45, 7) is 3.19. The third-order valence-electron chi connectivity index (χ3n) is 2.17. The number of rotatable bonds is 4. The second kappa shape index (κ2) is 6.47. The van der Waals surface area contributed by atoms with E-state index >= 15 is 0 Å². The van der Waals surface area contributed by atoms with Crippen molar-refractivity contribution in [3.05, 3.63) is 11.4 Å². The number of hydrogen-bond acceptors (Lipinski definition) is 7. The molecule has 0 saturated heterocycles. The van der Waals surface area contributed by atoms with E-state index in [4.69, 9.17) is 4.74 Å². The summed E-state index contributed by atoms with van der Waals surface area (Å²) in [6, 6.07) is 0. The summed E-state index contributed by atoms with van der Waals surface area (Å²) in [5.74, 6) is -1.24. The molecule has 0 unspecified atom stereocenters. The number of carbonyl (C=O) groups is 3. The number of esters is 1. The molecule has 1 rings (SSSR count). The smallest absolute Gasteiger partial charge is 0.413 e. The van der Waals surface area contributed by atoms with Crippen LogP contribution < -0.4 is 5.32 Å². The van der Waals surface area contributed by atoms with Crippen LogP contribution in [0, 0.1) is 6.92 Å². The minimum Gasteiger partial charge on any atom is -0.461 e. The zero-order chi connectivity index (χ0) is 14.4. The van der Waals surface area contributed by atoms with Gasteiger partial charge in [0, 0.05) is 0 Å². The Labute approximate surface area is 108 Å². The van der Waals surface area contributed by atoms with Gasteiger partial charge in [-0.25, -0.2) is 14.3 Å². The fourth-order valence-corrected chi connectivity index (χ4v) is 1.24. The molecule has 2 amide bonds. The second-order valence-electron chi connectivity index (χ2n) is 3.44. The van der Waals surface area contributed by atoms with E-state index in [1.807, 2.05) is 5.32 Å². The molecule has 0 fully saturated rings. The van der Waals surface area contributed by atoms with E-state index in [1.165, 1.54) is 4.68 Å². The van der Waals surface area contributed by atoms with E-state index in [-0.39, 0.29) is 18.8 Å². The third-order valence-corrected chi connectivity index (χ3v) is 2.17. The SMILES string of the molecule is CCOC(=O)c1nnn(CC(=O)NC(=O)OC)c1C. The van der Waals surface area contributed by atoms with Crippen LogP contribution in [0.15, 0.2) is 0 Å². The van der Waals surface area contributed by atoms with Gasteiger partial charge in [0.25, 0.3) is 5.91 Å². The molecule has 0 radical (unpaired) electrons. The molecular formula is C10H14N4O5. The largest absolute Gasteiger partial charge is 0.461 e. The number of carbonyl (C=O) groups excluding carboxylic acids is 3. The molecule has 0 bridgehead atoms. The van der Waals surface area contributed by atoms with Gasteiger partial charge in [-0.3, -0.25) is 10.1 Å². The zero-order valence-electron chi connectivity index (χ0n) is 10.8. The molecule has 9 heteroatoms. The summed E-state index contributed by atoms with van der Waals surface area (Å²) in [5, 5.41) is 9.24. The summed E-state index contributed by atoms with van der Waals surface area (Å²) < 4.78 is 10.2. The molecule has 0 aliphatic carbocycles. The average Bonchev–Trinajstić information content (AvgIpc) is 2.71. The molecular weight excluding hydrogens is 256 g/mol. The first-order valence-electron chi connectivity index (χ1n) is 5.44. The van der Waals surface area contributed by atoms with Crippen molar-refractivity contribution in [2.75, 3.05) is 13.7 Å². The van der Waals surface area contributed by atoms with Crippen molar-refractivity contribution in [3.8, 4) is 0 Å². The van der Waals surface area contributed by atoms with Crippen molar-refractivity contribution < 1.29 is 23.9 Å². The standard InChI is InChI=1S/C10H14N4O5/c1-4-19-9(16)8-6(2)14(13-12-8)5-7(15)11-10(17)18-3/h4-5H2,1-3H3,(H,11,15,17). The molecule has 0 aliphatic rings. The normalized spacial score (nSPS) is 9.84. The highest BCUT2D eigenvalue weighted by Crippen LogP contribution is 2.05. The predicted octanol–water partition coefficient (Wildman–Crippen LogP) is -0.354. The minimum atomic E-state index is -0.867. The number of hydrogen-bond donors (Lipinski definition) is 1. The Morgan fingerprint density at radius 2 is 2.05 bits per heavy atom. The summed E-state index contributed by atoms with van der Waals surface area (Å²) in [7, 11) is 1.14. The molecule has 1 heterocycles. The molecule has 0 saturated carbocycles. The van der Waals surface area contributed by atoms with Gasteiger partial charge in [0.05, 0.1) is 19.4 Å². The topological polar surface area (TPSA) is 112 Å². The van der Waals surface area contributed by atoms with Crippen LogP contribution >= 0.6 is 0 Å². The molecule has 9 nitrogen and oxygen atoms in total. The van der Waals surface area contributed by atoms with Crippen molar-refractivity contribution in [1.82, 2.24) is 20.3 Å². The molecule has 0 aliphatic heterocycles. The Balaban J connectivity index is 2.73. The van der Waals surface area contributed by atoms with Crippen molar-refractivity contribution in [1.29, 1.82) is 0 Å². The second-order valence-corrected chi connectivity index (χ2v) is 3.44. The van der Waals surface area contributed by atoms with Crippen molar-refractivity contribution in [3.63, 3.8) is 0 Å². The minimum absolute atomic E-state index is 0.0349. The number of nitrogens with one attached hydrogen (secondary N) is 1. The number of alkyl carbamates (subject to hydrolysis) is 1. The molecule has 0 spiro atoms. The maximum absolute atomic E-state index is 11.5. The highest BCUT2D eigenvalue weighted by atomic mass is 16.5. The van der Waals surface area contributed by atoms with Crippen LogP contribution in [0.3, 0.4) is 0 Å². The van der Waals surface area contributed by atoms with Crippen LogP contribution in [0.1, 0.15) is 23.1 Å². The maximum atomic E-state index is 11.5. The fourth-order valence-electron chi connectivity index (χ4n) is 1.24. The molecule has 1 aromatic rings. The highest BCUT2D eigenvalue weighted by molar-refractivity contribution is 5.92. The van der Waals surface area contributed by atoms with Gasteiger partial charge < -0.3 is 9.47 Å². The first-order valence-corrected chi connectivity index (χ1v) is 5.44. The van der Waals surface area contributed by atoms with Gasteiger partial charge in [0.1, 0.15) is 6.54 Å². The number of ether oxygens (including phenoxy) is 2. The zero-order valence-corrected chi connectivity index (χ0v) is 10.8. The lowest BCUT2D eigenvalue weighted by Gasteiger charge is -2.04. The Kier molecular flexibility index (Phi) is 4.98. The van der Waals surface area contributed by atoms with Crippen molar-refractivity contribution >= 4 is 18.0 Å². The number of imide groups is 1. The van der Waals surface area contributed by atoms with Crippen LogP contribution in [0.2, 0.25) is 0 Å². The van der Waals surface area contributed by atoms with Gasteiger partial charge in [-0.2, -0.15) is 0 Å². The Hall–Kier alpha value is -2.45. The lowest BCUT2D eigenvalue weighted by Crippen LogP contribution is -2.33. The van der Waals surface area contributed by atoms with Gasteiger partial charge in [-0.05, 0) is 13.8 Å². The van der Waals surface area contributed by atoms with Crippen molar-refractivity contribution in [2.45, 2.75) is 20.4 Å². The summed E-state index contributed by atoms with van der Waals surface area (Å²) in [5.41, 5.74) is 0.409. The fraction of sp³-hybridized carbons (Fsp3) is 0.500. The number of nitrogens with zero attached hydrogens (tertiary/aromatic N) is 3. The van der Waals surface area contributed by atoms with Crippen LogP contribution in [-0.2, 0) is 20.8 Å². The summed E-state index contributed by atoms with van der Waals surface area (Å²) in [4.78, 5) is 33.7. The molecule has 104 valence electrons. The van der Waals surface area contributed by atoms with Crippen LogP contribution in [0.25, 0.3) is 0 Å². The first kappa shape index (κ1) is 14.6. The van der Waals surface area contributed by atoms with Crippen LogP contribution in [0.5, 0.6) is 0 Å². The molecule has 19 heavy (non-hydrogen) atoms. The monoisotopic (exact) mass is 270 g/mol. The van der Waals surface area contributed by atoms with Gasteiger partial charge in [-0.1, -0.05) is 5.21 Å². The number of aromatic nitrogens is 3. The lowest BCUT2D eigenvalue weighted by atomic mass is 10.3. The van der Waals surface area contributed by atoms with E-state index in [0.717, 1.165) is 7.11 Å². The average molecular weight is 270 g/mol. The molecule has 1 aromatic heterocycles. The maximum Gasteiger partial charge on any atom is 0.413 e. The van der Waals surface area contributed by atoms with E-state index in [9.17, 15) is 14.4 Å². The molecule has 1 N–H and O–H groups in total. The third kappa shape index (κ3) is 3.76. The van der Waals surface area contributed by atoms with Crippen molar-refractivity contribution in [2.24, 2.45) is 0 Å². The molecule has 0 atom stereocenters.